The van der Waals surface area contributed by atoms with E-state index >= 15 is 0 Å². The highest BCUT2D eigenvalue weighted by atomic mass is 16.7. The number of benzene rings is 5. The van der Waals surface area contributed by atoms with Gasteiger partial charge in [0.1, 0.15) is 0 Å². The topological polar surface area (TPSA) is 162 Å². The zero-order chi connectivity index (χ0) is 32.9. The van der Waals surface area contributed by atoms with Crippen molar-refractivity contribution in [2.24, 2.45) is 17.7 Å². The molecule has 10 heteroatoms. The van der Waals surface area contributed by atoms with Crippen LogP contribution in [0.3, 0.4) is 0 Å². The molecule has 5 aromatic carbocycles. The maximum Gasteiger partial charge on any atom is 0.356 e. The summed E-state index contributed by atoms with van der Waals surface area (Å²) in [7, 11) is 0. The molecule has 6 rings (SSSR count). The van der Waals surface area contributed by atoms with E-state index in [1.54, 1.807) is 48.5 Å². The summed E-state index contributed by atoms with van der Waals surface area (Å²) in [6.07, 6.45) is 0. The van der Waals surface area contributed by atoms with Gasteiger partial charge in [-0.15, -0.1) is 0 Å². The van der Waals surface area contributed by atoms with Crippen LogP contribution in [0.25, 0.3) is 50.5 Å². The van der Waals surface area contributed by atoms with Crippen LogP contribution in [-0.4, -0.2) is 22.5 Å². The van der Waals surface area contributed by atoms with Gasteiger partial charge >= 0.3 is 17.9 Å². The normalized spacial score (nSPS) is 10.7. The van der Waals surface area contributed by atoms with Crippen LogP contribution in [0.15, 0.2) is 133 Å². The highest BCUT2D eigenvalue weighted by molar-refractivity contribution is 6.03. The molecule has 6 aromatic rings. The summed E-state index contributed by atoms with van der Waals surface area (Å²) >= 11 is 0. The van der Waals surface area contributed by atoms with Gasteiger partial charge in [-0.3, -0.25) is 0 Å². The summed E-state index contributed by atoms with van der Waals surface area (Å²) in [6, 6.07) is 40.6. The number of aromatic nitrogens is 1. The third kappa shape index (κ3) is 5.90. The van der Waals surface area contributed by atoms with Crippen molar-refractivity contribution in [3.63, 3.8) is 0 Å². The van der Waals surface area contributed by atoms with Crippen molar-refractivity contribution in [2.75, 3.05) is 0 Å². The highest BCUT2D eigenvalue weighted by Gasteiger charge is 2.28. The Labute approximate surface area is 269 Å². The molecule has 0 amide bonds. The van der Waals surface area contributed by atoms with Crippen LogP contribution in [0, 0.1) is 0 Å². The molecule has 47 heavy (non-hydrogen) atoms. The molecule has 0 atom stereocenters. The van der Waals surface area contributed by atoms with Gasteiger partial charge in [-0.1, -0.05) is 84.9 Å². The maximum atomic E-state index is 12.2. The Morgan fingerprint density at radius 2 is 0.723 bits per heavy atom. The summed E-state index contributed by atoms with van der Waals surface area (Å²) < 4.78 is 2.08. The van der Waals surface area contributed by atoms with Crippen molar-refractivity contribution in [1.29, 1.82) is 0 Å². The molecule has 1 heterocycles. The first kappa shape index (κ1) is 30.7. The lowest BCUT2D eigenvalue weighted by atomic mass is 9.91. The third-order valence-electron chi connectivity index (χ3n) is 7.77. The first-order valence-corrected chi connectivity index (χ1v) is 14.4. The van der Waals surface area contributed by atoms with Crippen LogP contribution in [0.1, 0.15) is 31.1 Å². The van der Waals surface area contributed by atoms with E-state index in [0.29, 0.717) is 5.69 Å². The van der Waals surface area contributed by atoms with E-state index in [-0.39, 0.29) is 16.7 Å². The molecule has 0 fully saturated rings. The quantitative estimate of drug-likeness (QED) is 0.167. The van der Waals surface area contributed by atoms with Gasteiger partial charge in [-0.2, -0.15) is 17.7 Å². The Kier molecular flexibility index (Phi) is 8.71. The van der Waals surface area contributed by atoms with Gasteiger partial charge in [0.2, 0.25) is 0 Å². The smallest absolute Gasteiger partial charge is 0.356 e. The molecule has 0 saturated carbocycles. The maximum absolute atomic E-state index is 12.2. The molecule has 0 saturated heterocycles. The van der Waals surface area contributed by atoms with Gasteiger partial charge in [-0.25, -0.2) is 14.4 Å². The highest BCUT2D eigenvalue weighted by Crippen LogP contribution is 2.49. The molecule has 0 spiro atoms. The molecule has 0 unspecified atom stereocenters. The van der Waals surface area contributed by atoms with Crippen molar-refractivity contribution < 1.29 is 28.9 Å². The Morgan fingerprint density at radius 1 is 0.404 bits per heavy atom. The molecule has 10 nitrogen and oxygen atoms in total. The Morgan fingerprint density at radius 3 is 1.04 bits per heavy atom. The number of hydrogen-bond acceptors (Lipinski definition) is 9. The van der Waals surface area contributed by atoms with Crippen LogP contribution in [0.5, 0.6) is 0 Å². The predicted molar refractivity (Wildman–Crippen MR) is 176 cm³/mol. The summed E-state index contributed by atoms with van der Waals surface area (Å²) in [5.41, 5.74) is 8.33. The van der Waals surface area contributed by atoms with Gasteiger partial charge in [-0.05, 0) is 70.8 Å². The van der Waals surface area contributed by atoms with E-state index in [2.05, 4.69) is 19.1 Å². The average Bonchev–Trinajstić information content (AvgIpc) is 3.51. The molecule has 6 N–H and O–H groups in total. The molecule has 0 aliphatic carbocycles. The number of rotatable bonds is 8. The Hall–Kier alpha value is -6.33. The van der Waals surface area contributed by atoms with Crippen LogP contribution in [0.2, 0.25) is 0 Å². The lowest BCUT2D eigenvalue weighted by Crippen LogP contribution is -2.10. The van der Waals surface area contributed by atoms with Crippen molar-refractivity contribution >= 4 is 17.9 Å². The Bertz CT molecular complexity index is 1940. The second-order valence-electron chi connectivity index (χ2n) is 10.4. The number of nitrogens with zero attached hydrogens (tertiary/aromatic N) is 1. The number of carbonyl (C=O) groups excluding carboxylic acids is 3. The van der Waals surface area contributed by atoms with E-state index in [1.165, 1.54) is 0 Å². The molecular formula is C37H28N4O6. The summed E-state index contributed by atoms with van der Waals surface area (Å²) in [5.74, 6) is 13.5. The lowest BCUT2D eigenvalue weighted by Gasteiger charge is -2.16. The van der Waals surface area contributed by atoms with Crippen molar-refractivity contribution in [3.8, 4) is 50.5 Å². The minimum absolute atomic E-state index is 0.271. The Balaban J connectivity index is 1.76. The molecular weight excluding hydrogens is 596 g/mol. The molecule has 0 aliphatic heterocycles. The van der Waals surface area contributed by atoms with Gasteiger partial charge in [0.05, 0.1) is 28.1 Å². The van der Waals surface area contributed by atoms with Gasteiger partial charge in [0.25, 0.3) is 0 Å². The molecule has 1 aromatic heterocycles. The predicted octanol–water partition coefficient (Wildman–Crippen LogP) is 6.24. The van der Waals surface area contributed by atoms with Crippen LogP contribution in [-0.2, 0) is 14.5 Å². The van der Waals surface area contributed by atoms with Crippen molar-refractivity contribution in [2.45, 2.75) is 0 Å². The summed E-state index contributed by atoms with van der Waals surface area (Å²) in [4.78, 5) is 50.1. The molecule has 0 radical (unpaired) electrons. The second-order valence-corrected chi connectivity index (χ2v) is 10.4. The van der Waals surface area contributed by atoms with Gasteiger partial charge < -0.3 is 19.1 Å². The minimum atomic E-state index is -0.677. The fourth-order valence-electron chi connectivity index (χ4n) is 5.63. The zero-order valence-corrected chi connectivity index (χ0v) is 24.8. The molecule has 232 valence electrons. The third-order valence-corrected chi connectivity index (χ3v) is 7.77. The van der Waals surface area contributed by atoms with E-state index in [4.69, 9.17) is 17.7 Å². The lowest BCUT2D eigenvalue weighted by molar-refractivity contribution is 0.0495. The largest absolute Gasteiger partial charge is 0.370 e. The van der Waals surface area contributed by atoms with E-state index in [0.717, 1.165) is 44.8 Å². The van der Waals surface area contributed by atoms with Gasteiger partial charge in [0.15, 0.2) is 0 Å². The summed E-state index contributed by atoms with van der Waals surface area (Å²) in [5, 5.41) is 0. The number of hydrogen-bond donors (Lipinski definition) is 3. The number of nitrogens with two attached hydrogens (primary N) is 3. The zero-order valence-electron chi connectivity index (χ0n) is 24.8. The fourth-order valence-corrected chi connectivity index (χ4v) is 5.63. The summed E-state index contributed by atoms with van der Waals surface area (Å²) in [6.45, 7) is 0. The van der Waals surface area contributed by atoms with E-state index in [9.17, 15) is 14.4 Å². The van der Waals surface area contributed by atoms with E-state index in [1.807, 2.05) is 84.9 Å². The van der Waals surface area contributed by atoms with Crippen LogP contribution >= 0.6 is 0 Å². The van der Waals surface area contributed by atoms with Crippen LogP contribution < -0.4 is 17.7 Å². The first-order valence-electron chi connectivity index (χ1n) is 14.4. The van der Waals surface area contributed by atoms with Crippen LogP contribution in [0.4, 0.5) is 0 Å². The first-order chi connectivity index (χ1) is 22.9. The fraction of sp³-hybridized carbons (Fsp3) is 0. The number of carbonyl (C=O) groups is 3. The average molecular weight is 625 g/mol. The van der Waals surface area contributed by atoms with Gasteiger partial charge in [0, 0.05) is 16.8 Å². The second kappa shape index (κ2) is 13.3. The molecule has 0 bridgehead atoms. The van der Waals surface area contributed by atoms with Crippen molar-refractivity contribution in [3.05, 3.63) is 150 Å². The standard InChI is InChI=1S/C37H28N4O6/c38-45-35(42)27-15-11-25(12-16-27)33-31(23-7-3-1-4-8-23)32(24-9-5-2-6-10-24)34(26-13-17-28(18-14-26)36(43)46-39)41(33)30-21-19-29(20-22-30)37(44)47-40/h1-22H,38-40H2. The van der Waals surface area contributed by atoms with Crippen molar-refractivity contribution in [1.82, 2.24) is 4.57 Å². The molecule has 0 aliphatic rings. The van der Waals surface area contributed by atoms with E-state index < -0.39 is 17.9 Å². The monoisotopic (exact) mass is 624 g/mol. The SMILES string of the molecule is NOC(=O)c1ccc(-c2c(-c3ccccc3)c(-c3ccccc3)c(-c3ccc(C(=O)ON)cc3)n2-c2ccc(C(=O)ON)cc2)cc1. The minimum Gasteiger partial charge on any atom is -0.370 e.